The summed E-state index contributed by atoms with van der Waals surface area (Å²) in [5, 5.41) is 29.7. The maximum absolute atomic E-state index is 12.1. The second-order valence-electron chi connectivity index (χ2n) is 6.17. The summed E-state index contributed by atoms with van der Waals surface area (Å²) in [4.78, 5) is 26.0. The van der Waals surface area contributed by atoms with Gasteiger partial charge in [0.2, 0.25) is 0 Å². The van der Waals surface area contributed by atoms with E-state index < -0.39 is 52.5 Å². The Morgan fingerprint density at radius 1 is 1.17 bits per heavy atom. The predicted octanol–water partition coefficient (Wildman–Crippen LogP) is -1.47. The number of ether oxygens (including phenoxy) is 1. The molecule has 4 atom stereocenters. The number of aromatic nitrogens is 2. The molecular formula is C17H18N2O9S. The Balaban J connectivity index is 1.89. The average molecular weight is 426 g/mol. The van der Waals surface area contributed by atoms with Crippen LogP contribution in [0, 0.1) is 0 Å². The molecule has 1 fully saturated rings. The highest BCUT2D eigenvalue weighted by Gasteiger charge is 2.43. The fourth-order valence-electron chi connectivity index (χ4n) is 2.71. The summed E-state index contributed by atoms with van der Waals surface area (Å²) in [5.41, 5.74) is -2.09. The van der Waals surface area contributed by atoms with Crippen molar-refractivity contribution in [1.82, 2.24) is 9.55 Å². The molecule has 0 unspecified atom stereocenters. The van der Waals surface area contributed by atoms with E-state index >= 15 is 0 Å². The van der Waals surface area contributed by atoms with Crippen molar-refractivity contribution >= 4 is 16.2 Å². The molecule has 0 aliphatic carbocycles. The number of hydrogen-bond acceptors (Lipinski definition) is 9. The summed E-state index contributed by atoms with van der Waals surface area (Å²) < 4.78 is 35.0. The zero-order valence-electron chi connectivity index (χ0n) is 14.8. The van der Waals surface area contributed by atoms with Gasteiger partial charge in [-0.3, -0.25) is 14.3 Å². The second-order valence-corrected chi connectivity index (χ2v) is 7.60. The molecule has 1 aromatic carbocycles. The molecule has 1 aromatic heterocycles. The maximum Gasteiger partial charge on any atom is 0.332 e. The van der Waals surface area contributed by atoms with E-state index in [-0.39, 0.29) is 11.3 Å². The third-order valence-electron chi connectivity index (χ3n) is 4.16. The van der Waals surface area contributed by atoms with Gasteiger partial charge in [-0.05, 0) is 18.2 Å². The summed E-state index contributed by atoms with van der Waals surface area (Å²) in [7, 11) is -4.20. The summed E-state index contributed by atoms with van der Waals surface area (Å²) >= 11 is 0. The zero-order valence-corrected chi connectivity index (χ0v) is 15.6. The summed E-state index contributed by atoms with van der Waals surface area (Å²) in [6.07, 6.45) is -3.66. The van der Waals surface area contributed by atoms with Crippen molar-refractivity contribution in [2.45, 2.75) is 24.5 Å². The van der Waals surface area contributed by atoms with Crippen LogP contribution in [0.1, 0.15) is 11.8 Å². The number of hydrogen-bond donors (Lipinski definition) is 4. The van der Waals surface area contributed by atoms with Gasteiger partial charge in [-0.15, -0.1) is 0 Å². The molecule has 1 aliphatic heterocycles. The Bertz CT molecular complexity index is 1110. The molecule has 3 rings (SSSR count). The van der Waals surface area contributed by atoms with Crippen molar-refractivity contribution in [2.75, 3.05) is 6.61 Å². The predicted molar refractivity (Wildman–Crippen MR) is 99.4 cm³/mol. The number of rotatable bonds is 6. The van der Waals surface area contributed by atoms with Gasteiger partial charge in [0.1, 0.15) is 24.1 Å². The lowest BCUT2D eigenvalue weighted by molar-refractivity contribution is -0.0550. The molecule has 1 aliphatic rings. The molecule has 11 nitrogen and oxygen atoms in total. The highest BCUT2D eigenvalue weighted by Crippen LogP contribution is 2.28. The Hall–Kier alpha value is -2.77. The van der Waals surface area contributed by atoms with Gasteiger partial charge in [0.15, 0.2) is 6.23 Å². The topological polar surface area (TPSA) is 168 Å². The van der Waals surface area contributed by atoms with Crippen LogP contribution in [0.4, 0.5) is 0 Å². The molecule has 0 bridgehead atoms. The lowest BCUT2D eigenvalue weighted by Crippen LogP contribution is -2.38. The van der Waals surface area contributed by atoms with Gasteiger partial charge in [0, 0.05) is 6.20 Å². The van der Waals surface area contributed by atoms with Gasteiger partial charge in [-0.2, -0.15) is 8.42 Å². The van der Waals surface area contributed by atoms with Crippen LogP contribution in [0.25, 0.3) is 6.08 Å². The first kappa shape index (κ1) is 21.0. The van der Waals surface area contributed by atoms with Crippen LogP contribution in [0.5, 0.6) is 5.75 Å². The second kappa shape index (κ2) is 8.31. The van der Waals surface area contributed by atoms with Crippen LogP contribution in [-0.4, -0.2) is 58.2 Å². The van der Waals surface area contributed by atoms with Crippen LogP contribution in [0.2, 0.25) is 0 Å². The molecule has 156 valence electrons. The normalized spacial score (nSPS) is 24.8. The molecule has 4 N–H and O–H groups in total. The van der Waals surface area contributed by atoms with E-state index in [1.54, 1.807) is 18.2 Å². The largest absolute Gasteiger partial charge is 0.394 e. The first-order valence-corrected chi connectivity index (χ1v) is 9.84. The Labute approximate surface area is 164 Å². The lowest BCUT2D eigenvalue weighted by Gasteiger charge is -2.17. The van der Waals surface area contributed by atoms with E-state index in [4.69, 9.17) is 14.0 Å². The number of aliphatic hydroxyl groups is 3. The monoisotopic (exact) mass is 426 g/mol. The van der Waals surface area contributed by atoms with Crippen molar-refractivity contribution in [2.24, 2.45) is 0 Å². The minimum absolute atomic E-state index is 0.0718. The highest BCUT2D eigenvalue weighted by atomic mass is 32.2. The van der Waals surface area contributed by atoms with Crippen molar-refractivity contribution in [3.8, 4) is 5.75 Å². The minimum Gasteiger partial charge on any atom is -0.394 e. The van der Waals surface area contributed by atoms with E-state index in [1.165, 1.54) is 12.1 Å². The molecule has 0 saturated carbocycles. The summed E-state index contributed by atoms with van der Waals surface area (Å²) in [5.74, 6) is 0.0718. The summed E-state index contributed by atoms with van der Waals surface area (Å²) in [6.45, 7) is -0.603. The first-order chi connectivity index (χ1) is 13.7. The average Bonchev–Trinajstić information content (AvgIpc) is 2.96. The number of aromatic amines is 1. The van der Waals surface area contributed by atoms with Crippen molar-refractivity contribution in [3.05, 3.63) is 68.3 Å². The van der Waals surface area contributed by atoms with E-state index in [1.807, 2.05) is 4.98 Å². The smallest absolute Gasteiger partial charge is 0.332 e. The molecule has 2 aromatic rings. The maximum atomic E-state index is 12.1. The number of nitrogens with zero attached hydrogens (tertiary/aromatic N) is 1. The van der Waals surface area contributed by atoms with Crippen molar-refractivity contribution in [3.63, 3.8) is 0 Å². The fraction of sp³-hybridized carbons (Fsp3) is 0.294. The summed E-state index contributed by atoms with van der Waals surface area (Å²) in [6, 6.07) is 7.70. The fourth-order valence-corrected chi connectivity index (χ4v) is 3.46. The molecular weight excluding hydrogens is 408 g/mol. The van der Waals surface area contributed by atoms with Gasteiger partial charge < -0.3 is 24.2 Å². The molecule has 12 heteroatoms. The van der Waals surface area contributed by atoms with Crippen LogP contribution in [-0.2, 0) is 14.9 Å². The molecule has 0 amide bonds. The van der Waals surface area contributed by atoms with E-state index in [2.05, 4.69) is 0 Å². The number of benzene rings is 1. The number of para-hydroxylation sites is 1. The van der Waals surface area contributed by atoms with Crippen LogP contribution in [0.3, 0.4) is 0 Å². The highest BCUT2D eigenvalue weighted by molar-refractivity contribution is 7.90. The Morgan fingerprint density at radius 2 is 1.86 bits per heavy atom. The van der Waals surface area contributed by atoms with E-state index in [0.29, 0.717) is 5.41 Å². The first-order valence-electron chi connectivity index (χ1n) is 8.37. The van der Waals surface area contributed by atoms with Crippen LogP contribution in [0.15, 0.2) is 51.5 Å². The quantitative estimate of drug-likeness (QED) is 0.403. The SMILES string of the molecule is O=c1[nH]c(=O)n([C@@H]2O[C@H](CO)[C@@H](O)[C@H]2O)cc1/C=C/S(=O)(=O)Oc1ccccc1. The third kappa shape index (κ3) is 4.63. The lowest BCUT2D eigenvalue weighted by atomic mass is 10.1. The number of H-pyrrole nitrogens is 1. The zero-order chi connectivity index (χ0) is 21.2. The van der Waals surface area contributed by atoms with Gasteiger partial charge in [0.05, 0.1) is 17.6 Å². The van der Waals surface area contributed by atoms with Crippen LogP contribution < -0.4 is 15.4 Å². The third-order valence-corrected chi connectivity index (χ3v) is 5.05. The Kier molecular flexibility index (Phi) is 6.00. The molecule has 29 heavy (non-hydrogen) atoms. The van der Waals surface area contributed by atoms with E-state index in [9.17, 15) is 28.2 Å². The molecule has 0 spiro atoms. The minimum atomic E-state index is -4.20. The van der Waals surface area contributed by atoms with E-state index in [0.717, 1.165) is 16.8 Å². The van der Waals surface area contributed by atoms with Gasteiger partial charge in [-0.1, -0.05) is 18.2 Å². The molecule has 2 heterocycles. The van der Waals surface area contributed by atoms with Gasteiger partial charge >= 0.3 is 15.8 Å². The van der Waals surface area contributed by atoms with Gasteiger partial charge in [-0.25, -0.2) is 4.79 Å². The Morgan fingerprint density at radius 3 is 2.48 bits per heavy atom. The van der Waals surface area contributed by atoms with Crippen molar-refractivity contribution < 1.29 is 32.7 Å². The van der Waals surface area contributed by atoms with Crippen LogP contribution >= 0.6 is 0 Å². The number of nitrogens with one attached hydrogen (secondary N) is 1. The standard InChI is InChI=1S/C17H18N2O9S/c20-9-12-13(21)14(22)16(27-12)19-8-10(15(23)18-17(19)24)6-7-29(25,26)28-11-4-2-1-3-5-11/h1-8,12-14,16,20-22H,9H2,(H,18,23,24)/b7-6+/t12-,13-,14-,16-/m1/s1. The molecule has 1 saturated heterocycles. The molecule has 0 radical (unpaired) electrons. The number of aliphatic hydroxyl groups excluding tert-OH is 3. The van der Waals surface area contributed by atoms with Gasteiger partial charge in [0.25, 0.3) is 5.56 Å². The van der Waals surface area contributed by atoms with Crippen molar-refractivity contribution in [1.29, 1.82) is 0 Å².